The molecule has 0 saturated carbocycles. The second-order valence-corrected chi connectivity index (χ2v) is 4.30. The standard InChI is InChI=1S/C9H21BN4O/c1-5(2)8(15)7(11)3-6(10)4-14-9(12)13/h5-7H,3-4,10-11H2,1-2H3,(H4,12,13,14). The van der Waals surface area contributed by atoms with Crippen LogP contribution in [0.5, 0.6) is 0 Å². The number of rotatable bonds is 6. The molecular formula is C9H21BN4O. The highest BCUT2D eigenvalue weighted by atomic mass is 16.1. The van der Waals surface area contributed by atoms with E-state index in [1.54, 1.807) is 0 Å². The summed E-state index contributed by atoms with van der Waals surface area (Å²) in [5.41, 5.74) is 10.9. The first-order valence-electron chi connectivity index (χ1n) is 5.21. The summed E-state index contributed by atoms with van der Waals surface area (Å²) >= 11 is 0. The summed E-state index contributed by atoms with van der Waals surface area (Å²) in [4.78, 5) is 11.5. The number of hydrogen-bond acceptors (Lipinski definition) is 3. The van der Waals surface area contributed by atoms with Crippen molar-refractivity contribution in [2.45, 2.75) is 32.1 Å². The van der Waals surface area contributed by atoms with Gasteiger partial charge in [0.25, 0.3) is 0 Å². The molecule has 6 N–H and O–H groups in total. The lowest BCUT2D eigenvalue weighted by Crippen LogP contribution is -2.38. The third kappa shape index (κ3) is 6.12. The van der Waals surface area contributed by atoms with Crippen LogP contribution >= 0.6 is 0 Å². The van der Waals surface area contributed by atoms with Crippen LogP contribution in [0.3, 0.4) is 0 Å². The second-order valence-electron chi connectivity index (χ2n) is 4.30. The third-order valence-corrected chi connectivity index (χ3v) is 2.23. The Bertz CT molecular complexity index is 232. The van der Waals surface area contributed by atoms with E-state index in [9.17, 15) is 4.79 Å². The van der Waals surface area contributed by atoms with Crippen LogP contribution in [0.4, 0.5) is 0 Å². The van der Waals surface area contributed by atoms with Crippen molar-refractivity contribution in [2.75, 3.05) is 6.54 Å². The van der Waals surface area contributed by atoms with Crippen molar-refractivity contribution < 1.29 is 4.79 Å². The Hall–Kier alpha value is -1.04. The van der Waals surface area contributed by atoms with Gasteiger partial charge in [-0.2, -0.15) is 0 Å². The molecule has 15 heavy (non-hydrogen) atoms. The number of carbonyl (C=O) groups excluding carboxylic acids is 1. The fraction of sp³-hybridized carbons (Fsp3) is 0.778. The SMILES string of the molecule is BC(CNC(=N)N)CC(N)C(=O)C(C)C. The van der Waals surface area contributed by atoms with E-state index >= 15 is 0 Å². The molecule has 0 aromatic rings. The smallest absolute Gasteiger partial charge is 0.185 e. The van der Waals surface area contributed by atoms with Crippen LogP contribution < -0.4 is 16.8 Å². The van der Waals surface area contributed by atoms with Crippen molar-refractivity contribution in [3.05, 3.63) is 0 Å². The predicted octanol–water partition coefficient (Wildman–Crippen LogP) is -1.17. The molecule has 0 aromatic heterocycles. The molecular weight excluding hydrogens is 191 g/mol. The fourth-order valence-corrected chi connectivity index (χ4v) is 1.35. The van der Waals surface area contributed by atoms with Gasteiger partial charge in [0.2, 0.25) is 0 Å². The molecule has 0 fully saturated rings. The second kappa shape index (κ2) is 6.45. The monoisotopic (exact) mass is 212 g/mol. The van der Waals surface area contributed by atoms with E-state index in [-0.39, 0.29) is 23.5 Å². The summed E-state index contributed by atoms with van der Waals surface area (Å²) in [7, 11) is 1.98. The topological polar surface area (TPSA) is 105 Å². The molecule has 0 aliphatic carbocycles. The maximum absolute atomic E-state index is 11.5. The largest absolute Gasteiger partial charge is 0.370 e. The number of ketones is 1. The van der Waals surface area contributed by atoms with Crippen LogP contribution in [0.1, 0.15) is 20.3 Å². The van der Waals surface area contributed by atoms with Crippen LogP contribution in [-0.4, -0.2) is 32.2 Å². The zero-order valence-electron chi connectivity index (χ0n) is 9.71. The Morgan fingerprint density at radius 2 is 2.07 bits per heavy atom. The molecule has 0 saturated heterocycles. The number of carbonyl (C=O) groups is 1. The van der Waals surface area contributed by atoms with Crippen molar-refractivity contribution in [1.29, 1.82) is 5.41 Å². The number of Topliss-reactive ketones (excluding diaryl/α,β-unsaturated/α-hetero) is 1. The van der Waals surface area contributed by atoms with E-state index in [1.165, 1.54) is 0 Å². The van der Waals surface area contributed by atoms with Gasteiger partial charge in [-0.1, -0.05) is 19.7 Å². The highest BCUT2D eigenvalue weighted by Gasteiger charge is 2.19. The zero-order chi connectivity index (χ0) is 12.0. The Kier molecular flexibility index (Phi) is 6.00. The van der Waals surface area contributed by atoms with E-state index in [2.05, 4.69) is 5.32 Å². The molecule has 0 spiro atoms. The Balaban J connectivity index is 3.90. The van der Waals surface area contributed by atoms with E-state index in [4.69, 9.17) is 16.9 Å². The van der Waals surface area contributed by atoms with Crippen LogP contribution in [0.25, 0.3) is 0 Å². The molecule has 0 rings (SSSR count). The van der Waals surface area contributed by atoms with Gasteiger partial charge in [0.05, 0.1) is 6.04 Å². The molecule has 0 bridgehead atoms. The molecule has 2 unspecified atom stereocenters. The van der Waals surface area contributed by atoms with Crippen molar-refractivity contribution in [3.63, 3.8) is 0 Å². The van der Waals surface area contributed by atoms with Crippen molar-refractivity contribution >= 4 is 19.6 Å². The summed E-state index contributed by atoms with van der Waals surface area (Å²) < 4.78 is 0. The van der Waals surface area contributed by atoms with Crippen LogP contribution in [0.2, 0.25) is 5.82 Å². The normalized spacial score (nSPS) is 14.7. The minimum atomic E-state index is -0.409. The van der Waals surface area contributed by atoms with Gasteiger partial charge in [0, 0.05) is 12.5 Å². The molecule has 0 radical (unpaired) electrons. The zero-order valence-corrected chi connectivity index (χ0v) is 9.71. The highest BCUT2D eigenvalue weighted by Crippen LogP contribution is 2.10. The lowest BCUT2D eigenvalue weighted by atomic mass is 9.80. The van der Waals surface area contributed by atoms with Gasteiger partial charge < -0.3 is 16.8 Å². The summed E-state index contributed by atoms with van der Waals surface area (Å²) in [5.74, 6) is 0.245. The average Bonchev–Trinajstić information content (AvgIpc) is 2.13. The van der Waals surface area contributed by atoms with Crippen molar-refractivity contribution in [3.8, 4) is 0 Å². The van der Waals surface area contributed by atoms with Gasteiger partial charge in [-0.05, 0) is 6.42 Å². The van der Waals surface area contributed by atoms with E-state index in [0.29, 0.717) is 13.0 Å². The molecule has 0 amide bonds. The first kappa shape index (κ1) is 14.0. The van der Waals surface area contributed by atoms with Gasteiger partial charge >= 0.3 is 0 Å². The average molecular weight is 212 g/mol. The molecule has 0 aliphatic rings. The van der Waals surface area contributed by atoms with Crippen molar-refractivity contribution in [2.24, 2.45) is 17.4 Å². The van der Waals surface area contributed by atoms with Crippen molar-refractivity contribution in [1.82, 2.24) is 5.32 Å². The molecule has 0 aliphatic heterocycles. The Labute approximate surface area is 91.9 Å². The van der Waals surface area contributed by atoms with Gasteiger partial charge in [-0.15, -0.1) is 0 Å². The summed E-state index contributed by atoms with van der Waals surface area (Å²) in [6, 6.07) is -0.409. The first-order chi connectivity index (χ1) is 6.84. The molecule has 5 nitrogen and oxygen atoms in total. The molecule has 86 valence electrons. The van der Waals surface area contributed by atoms with Crippen LogP contribution in [0.15, 0.2) is 0 Å². The predicted molar refractivity (Wildman–Crippen MR) is 64.6 cm³/mol. The molecule has 0 aromatic carbocycles. The third-order valence-electron chi connectivity index (χ3n) is 2.23. The minimum Gasteiger partial charge on any atom is -0.370 e. The highest BCUT2D eigenvalue weighted by molar-refractivity contribution is 6.12. The lowest BCUT2D eigenvalue weighted by molar-refractivity contribution is -0.123. The summed E-state index contributed by atoms with van der Waals surface area (Å²) in [5, 5.41) is 9.70. The van der Waals surface area contributed by atoms with Gasteiger partial charge in [0.1, 0.15) is 7.85 Å². The fourth-order valence-electron chi connectivity index (χ4n) is 1.35. The number of nitrogens with one attached hydrogen (secondary N) is 2. The Morgan fingerprint density at radius 3 is 2.47 bits per heavy atom. The van der Waals surface area contributed by atoms with E-state index in [0.717, 1.165) is 0 Å². The maximum Gasteiger partial charge on any atom is 0.185 e. The lowest BCUT2D eigenvalue weighted by Gasteiger charge is -2.18. The molecule has 6 heteroatoms. The number of nitrogens with two attached hydrogens (primary N) is 2. The van der Waals surface area contributed by atoms with Crippen LogP contribution in [-0.2, 0) is 4.79 Å². The maximum atomic E-state index is 11.5. The minimum absolute atomic E-state index is 0.0204. The molecule has 0 heterocycles. The quantitative estimate of drug-likeness (QED) is 0.253. The number of guanidine groups is 1. The first-order valence-corrected chi connectivity index (χ1v) is 5.21. The molecule has 2 atom stereocenters. The van der Waals surface area contributed by atoms with E-state index in [1.807, 2.05) is 21.7 Å². The van der Waals surface area contributed by atoms with Gasteiger partial charge in [0.15, 0.2) is 11.7 Å². The van der Waals surface area contributed by atoms with E-state index < -0.39 is 6.04 Å². The Morgan fingerprint density at radius 1 is 1.53 bits per heavy atom. The summed E-state index contributed by atoms with van der Waals surface area (Å²) in [6.45, 7) is 4.27. The summed E-state index contributed by atoms with van der Waals surface area (Å²) in [6.07, 6.45) is 0.622. The van der Waals surface area contributed by atoms with Gasteiger partial charge in [-0.3, -0.25) is 10.2 Å². The van der Waals surface area contributed by atoms with Gasteiger partial charge in [-0.25, -0.2) is 0 Å². The number of hydrogen-bond donors (Lipinski definition) is 4. The van der Waals surface area contributed by atoms with Crippen LogP contribution in [0, 0.1) is 11.3 Å².